The maximum atomic E-state index is 13.9. The van der Waals surface area contributed by atoms with Crippen molar-refractivity contribution in [3.05, 3.63) is 69.0 Å². The van der Waals surface area contributed by atoms with E-state index in [1.165, 1.54) is 24.3 Å². The van der Waals surface area contributed by atoms with E-state index in [1.54, 1.807) is 12.1 Å². The van der Waals surface area contributed by atoms with Crippen LogP contribution in [-0.2, 0) is 0 Å². The number of halogens is 2. The predicted octanol–water partition coefficient (Wildman–Crippen LogP) is 2.94. The van der Waals surface area contributed by atoms with Crippen LogP contribution in [0, 0.1) is 15.9 Å². The first-order valence-corrected chi connectivity index (χ1v) is 9.27. The van der Waals surface area contributed by atoms with Gasteiger partial charge in [-0.2, -0.15) is 0 Å². The van der Waals surface area contributed by atoms with Gasteiger partial charge < -0.3 is 10.2 Å². The number of para-hydroxylation sites is 1. The molecule has 1 aliphatic rings. The van der Waals surface area contributed by atoms with E-state index in [2.05, 4.69) is 10.2 Å². The van der Waals surface area contributed by atoms with Gasteiger partial charge in [-0.05, 0) is 18.2 Å². The van der Waals surface area contributed by atoms with Gasteiger partial charge in [0, 0.05) is 51.4 Å². The van der Waals surface area contributed by atoms with E-state index >= 15 is 0 Å². The number of hydrogen-bond acceptors (Lipinski definition) is 5. The Bertz CT molecular complexity index is 872. The fraction of sp³-hybridized carbons (Fsp3) is 0.316. The van der Waals surface area contributed by atoms with Gasteiger partial charge in [0.2, 0.25) is 0 Å². The van der Waals surface area contributed by atoms with Crippen LogP contribution in [0.25, 0.3) is 0 Å². The summed E-state index contributed by atoms with van der Waals surface area (Å²) in [7, 11) is 0. The van der Waals surface area contributed by atoms with Crippen LogP contribution in [-0.4, -0.2) is 55.0 Å². The van der Waals surface area contributed by atoms with Crippen molar-refractivity contribution in [3.63, 3.8) is 0 Å². The number of nitrogens with zero attached hydrogens (tertiary/aromatic N) is 3. The molecule has 0 saturated carbocycles. The Balaban J connectivity index is 1.45. The van der Waals surface area contributed by atoms with Crippen molar-refractivity contribution in [2.45, 2.75) is 0 Å². The largest absolute Gasteiger partial charge is 0.367 e. The molecule has 2 aromatic carbocycles. The third kappa shape index (κ3) is 4.76. The monoisotopic (exact) mass is 406 g/mol. The summed E-state index contributed by atoms with van der Waals surface area (Å²) in [5.74, 6) is -0.590. The molecule has 1 amide bonds. The molecule has 0 spiro atoms. The molecule has 28 heavy (non-hydrogen) atoms. The topological polar surface area (TPSA) is 78.7 Å². The highest BCUT2D eigenvalue weighted by molar-refractivity contribution is 6.34. The van der Waals surface area contributed by atoms with Crippen LogP contribution in [0.15, 0.2) is 42.5 Å². The zero-order valence-electron chi connectivity index (χ0n) is 15.1. The highest BCUT2D eigenvalue weighted by atomic mass is 35.5. The molecule has 0 unspecified atom stereocenters. The van der Waals surface area contributed by atoms with E-state index in [0.717, 1.165) is 13.1 Å². The van der Waals surface area contributed by atoms with Crippen LogP contribution in [0.3, 0.4) is 0 Å². The Kier molecular flexibility index (Phi) is 6.43. The summed E-state index contributed by atoms with van der Waals surface area (Å²) in [5, 5.41) is 13.6. The van der Waals surface area contributed by atoms with E-state index in [1.807, 2.05) is 11.0 Å². The lowest BCUT2D eigenvalue weighted by molar-refractivity contribution is -0.384. The molecule has 1 saturated heterocycles. The third-order valence-electron chi connectivity index (χ3n) is 4.69. The maximum Gasteiger partial charge on any atom is 0.270 e. The zero-order valence-corrected chi connectivity index (χ0v) is 15.9. The zero-order chi connectivity index (χ0) is 20.1. The van der Waals surface area contributed by atoms with Crippen molar-refractivity contribution >= 4 is 28.9 Å². The number of piperazine rings is 1. The third-order valence-corrected chi connectivity index (χ3v) is 5.00. The summed E-state index contributed by atoms with van der Waals surface area (Å²) in [6, 6.07) is 10.5. The first kappa shape index (κ1) is 20.0. The molecule has 3 rings (SSSR count). The van der Waals surface area contributed by atoms with Crippen molar-refractivity contribution in [1.82, 2.24) is 10.2 Å². The molecule has 0 aliphatic carbocycles. The van der Waals surface area contributed by atoms with Crippen LogP contribution < -0.4 is 10.2 Å². The number of carbonyl (C=O) groups excluding carboxylic acids is 1. The molecule has 0 atom stereocenters. The van der Waals surface area contributed by atoms with E-state index < -0.39 is 4.92 Å². The normalized spacial score (nSPS) is 14.7. The summed E-state index contributed by atoms with van der Waals surface area (Å²) in [6.07, 6.45) is 0. The van der Waals surface area contributed by atoms with Crippen LogP contribution in [0.1, 0.15) is 10.4 Å². The first-order valence-electron chi connectivity index (χ1n) is 8.89. The van der Waals surface area contributed by atoms with Crippen LogP contribution in [0.4, 0.5) is 15.8 Å². The predicted molar refractivity (Wildman–Crippen MR) is 105 cm³/mol. The van der Waals surface area contributed by atoms with Crippen molar-refractivity contribution in [1.29, 1.82) is 0 Å². The highest BCUT2D eigenvalue weighted by Crippen LogP contribution is 2.22. The second-order valence-electron chi connectivity index (χ2n) is 6.46. The van der Waals surface area contributed by atoms with Gasteiger partial charge in [0.25, 0.3) is 11.6 Å². The number of hydrogen-bond donors (Lipinski definition) is 1. The molecule has 1 N–H and O–H groups in total. The Morgan fingerprint density at radius 3 is 2.54 bits per heavy atom. The molecular weight excluding hydrogens is 387 g/mol. The minimum absolute atomic E-state index is 0.0465. The molecule has 9 heteroatoms. The molecule has 0 aromatic heterocycles. The summed E-state index contributed by atoms with van der Waals surface area (Å²) in [4.78, 5) is 26.6. The molecule has 148 valence electrons. The molecule has 2 aromatic rings. The molecule has 0 bridgehead atoms. The minimum atomic E-state index is -0.561. The van der Waals surface area contributed by atoms with Crippen molar-refractivity contribution in [2.75, 3.05) is 44.2 Å². The van der Waals surface area contributed by atoms with E-state index in [9.17, 15) is 19.3 Å². The first-order chi connectivity index (χ1) is 13.5. The van der Waals surface area contributed by atoms with Crippen LogP contribution >= 0.6 is 11.6 Å². The number of nitro benzene ring substituents is 1. The Labute approximate surface area is 166 Å². The Hall–Kier alpha value is -2.71. The molecule has 0 radical (unpaired) electrons. The van der Waals surface area contributed by atoms with Gasteiger partial charge in [0.05, 0.1) is 21.2 Å². The van der Waals surface area contributed by atoms with Crippen molar-refractivity contribution in [3.8, 4) is 0 Å². The lowest BCUT2D eigenvalue weighted by Gasteiger charge is -2.36. The van der Waals surface area contributed by atoms with Gasteiger partial charge in [-0.15, -0.1) is 0 Å². The number of non-ortho nitro benzene ring substituents is 1. The molecule has 1 heterocycles. The number of rotatable bonds is 6. The number of carbonyl (C=O) groups is 1. The number of benzene rings is 2. The summed E-state index contributed by atoms with van der Waals surface area (Å²) >= 11 is 5.97. The number of nitrogens with one attached hydrogen (secondary N) is 1. The van der Waals surface area contributed by atoms with Crippen LogP contribution in [0.2, 0.25) is 5.02 Å². The minimum Gasteiger partial charge on any atom is -0.367 e. The second kappa shape index (κ2) is 8.99. The fourth-order valence-electron chi connectivity index (χ4n) is 3.15. The summed E-state index contributed by atoms with van der Waals surface area (Å²) < 4.78 is 13.9. The SMILES string of the molecule is O=C(NCCN1CCN(c2ccccc2F)CC1)c1ccc([N+](=O)[O-])cc1Cl. The average molecular weight is 407 g/mol. The van der Waals surface area contributed by atoms with Gasteiger partial charge in [-0.3, -0.25) is 19.8 Å². The van der Waals surface area contributed by atoms with E-state index in [4.69, 9.17) is 11.6 Å². The standard InChI is InChI=1S/C19H20ClFN4O3/c20-16-13-14(25(27)28)5-6-15(16)19(26)22-7-8-23-9-11-24(12-10-23)18-4-2-1-3-17(18)21/h1-6,13H,7-12H2,(H,22,26). The van der Waals surface area contributed by atoms with Crippen LogP contribution in [0.5, 0.6) is 0 Å². The quantitative estimate of drug-likeness (QED) is 0.589. The maximum absolute atomic E-state index is 13.9. The van der Waals surface area contributed by atoms with Gasteiger partial charge in [0.1, 0.15) is 5.82 Å². The Morgan fingerprint density at radius 2 is 1.89 bits per heavy atom. The molecular formula is C19H20ClFN4O3. The van der Waals surface area contributed by atoms with Gasteiger partial charge in [-0.1, -0.05) is 23.7 Å². The van der Waals surface area contributed by atoms with Crippen molar-refractivity contribution in [2.24, 2.45) is 0 Å². The fourth-order valence-corrected chi connectivity index (χ4v) is 3.41. The van der Waals surface area contributed by atoms with Gasteiger partial charge >= 0.3 is 0 Å². The number of nitro groups is 1. The second-order valence-corrected chi connectivity index (χ2v) is 6.86. The van der Waals surface area contributed by atoms with E-state index in [0.29, 0.717) is 31.9 Å². The highest BCUT2D eigenvalue weighted by Gasteiger charge is 2.19. The smallest absolute Gasteiger partial charge is 0.270 e. The molecule has 1 aliphatic heterocycles. The lowest BCUT2D eigenvalue weighted by atomic mass is 10.2. The summed E-state index contributed by atoms with van der Waals surface area (Å²) in [5.41, 5.74) is 0.661. The lowest BCUT2D eigenvalue weighted by Crippen LogP contribution is -2.48. The number of amides is 1. The average Bonchev–Trinajstić information content (AvgIpc) is 2.68. The molecule has 1 fully saturated rings. The summed E-state index contributed by atoms with van der Waals surface area (Å²) in [6.45, 7) is 4.03. The van der Waals surface area contributed by atoms with Gasteiger partial charge in [0.15, 0.2) is 0 Å². The van der Waals surface area contributed by atoms with Crippen molar-refractivity contribution < 1.29 is 14.1 Å². The van der Waals surface area contributed by atoms with E-state index in [-0.39, 0.29) is 28.0 Å². The Morgan fingerprint density at radius 1 is 1.18 bits per heavy atom. The van der Waals surface area contributed by atoms with Gasteiger partial charge in [-0.25, -0.2) is 4.39 Å². The molecule has 7 nitrogen and oxygen atoms in total. The number of anilines is 1.